The fourth-order valence-electron chi connectivity index (χ4n) is 1.85. The van der Waals surface area contributed by atoms with Crippen molar-refractivity contribution in [1.82, 2.24) is 10.6 Å². The first-order chi connectivity index (χ1) is 15.2. The van der Waals surface area contributed by atoms with Crippen molar-refractivity contribution < 1.29 is 39.6 Å². The summed E-state index contributed by atoms with van der Waals surface area (Å²) in [4.78, 5) is 39.6. The van der Waals surface area contributed by atoms with E-state index in [4.69, 9.17) is 43.0 Å². The Kier molecular flexibility index (Phi) is 21.9. The van der Waals surface area contributed by atoms with Gasteiger partial charge in [0.15, 0.2) is 5.96 Å². The van der Waals surface area contributed by atoms with Crippen LogP contribution in [0.25, 0.3) is 0 Å². The lowest BCUT2D eigenvalue weighted by molar-refractivity contribution is -0.140. The molecule has 0 saturated carbocycles. The van der Waals surface area contributed by atoms with E-state index >= 15 is 0 Å². The van der Waals surface area contributed by atoms with Gasteiger partial charge in [0.05, 0.1) is 6.54 Å². The number of hydrogen-bond acceptors (Lipinski definition) is 9. The molecule has 0 aromatic rings. The molecule has 0 amide bonds. The van der Waals surface area contributed by atoms with Crippen LogP contribution in [0, 0.1) is 11.3 Å². The third-order valence-corrected chi connectivity index (χ3v) is 3.86. The summed E-state index contributed by atoms with van der Waals surface area (Å²) in [5.41, 5.74) is 19.9. The van der Waals surface area contributed by atoms with Gasteiger partial charge in [-0.2, -0.15) is 0 Å². The molecule has 194 valence electrons. The van der Waals surface area contributed by atoms with Gasteiger partial charge < -0.3 is 54.0 Å². The summed E-state index contributed by atoms with van der Waals surface area (Å²) in [6.45, 7) is 4.62. The fraction of sp³-hybridized carbons (Fsp3) is 0.722. The lowest BCUT2D eigenvalue weighted by Crippen LogP contribution is -2.34. The molecular formula is C18H39N7O8. The molecule has 1 rings (SSSR count). The Labute approximate surface area is 192 Å². The average Bonchev–Trinajstić information content (AvgIpc) is 3.26. The van der Waals surface area contributed by atoms with Crippen LogP contribution in [0.15, 0.2) is 0 Å². The van der Waals surface area contributed by atoms with E-state index in [1.165, 1.54) is 0 Å². The molecule has 1 heterocycles. The summed E-state index contributed by atoms with van der Waals surface area (Å²) in [5.74, 6) is -3.71. The zero-order valence-corrected chi connectivity index (χ0v) is 19.0. The average molecular weight is 482 g/mol. The zero-order valence-electron chi connectivity index (χ0n) is 19.0. The summed E-state index contributed by atoms with van der Waals surface area (Å²) in [6.07, 6.45) is 2.76. The number of hydrogen-bond donors (Lipinski definition) is 11. The zero-order chi connectivity index (χ0) is 26.6. The minimum Gasteiger partial charge on any atom is -0.480 e. The molecule has 15 N–H and O–H groups in total. The summed E-state index contributed by atoms with van der Waals surface area (Å²) in [5, 5.41) is 44.7. The second-order valence-electron chi connectivity index (χ2n) is 7.12. The lowest BCUT2D eigenvalue weighted by Gasteiger charge is -2.07. The predicted molar refractivity (Wildman–Crippen MR) is 121 cm³/mol. The molecule has 1 aliphatic heterocycles. The van der Waals surface area contributed by atoms with Crippen LogP contribution >= 0.6 is 0 Å². The molecule has 0 aromatic carbocycles. The topological polar surface area (TPSA) is 301 Å². The number of carboxylic acids is 4. The van der Waals surface area contributed by atoms with Gasteiger partial charge in [0, 0.05) is 6.54 Å². The van der Waals surface area contributed by atoms with Gasteiger partial charge in [0.25, 0.3) is 0 Å². The van der Waals surface area contributed by atoms with Gasteiger partial charge in [0.1, 0.15) is 18.1 Å². The second kappa shape index (κ2) is 20.9. The van der Waals surface area contributed by atoms with Crippen LogP contribution in [-0.2, 0) is 19.2 Å². The highest BCUT2D eigenvalue weighted by molar-refractivity contribution is 5.74. The largest absolute Gasteiger partial charge is 0.480 e. The molecule has 0 aliphatic carbocycles. The van der Waals surface area contributed by atoms with Crippen LogP contribution in [0.4, 0.5) is 0 Å². The number of rotatable bonds is 9. The van der Waals surface area contributed by atoms with E-state index in [9.17, 15) is 19.2 Å². The number of aliphatic carboxylic acids is 4. The van der Waals surface area contributed by atoms with E-state index < -0.39 is 36.0 Å². The Morgan fingerprint density at radius 1 is 1.09 bits per heavy atom. The maximum atomic E-state index is 10.2. The molecule has 2 unspecified atom stereocenters. The monoisotopic (exact) mass is 481 g/mol. The SMILES string of the molecule is CC(C)C(N)C(=O)O.N=C(N)NCCCC(N)C(=O)O.NCC(=O)O.O=C(O)[C@@H]1CCCN1. The number of nitrogens with one attached hydrogen (secondary N) is 3. The van der Waals surface area contributed by atoms with E-state index in [2.05, 4.69) is 16.4 Å². The van der Waals surface area contributed by atoms with Crippen LogP contribution in [-0.4, -0.2) is 88.0 Å². The molecule has 1 aliphatic rings. The third kappa shape index (κ3) is 25.1. The number of guanidine groups is 1. The predicted octanol–water partition coefficient (Wildman–Crippen LogP) is -2.43. The highest BCUT2D eigenvalue weighted by Crippen LogP contribution is 2.03. The lowest BCUT2D eigenvalue weighted by atomic mass is 10.1. The molecule has 3 atom stereocenters. The summed E-state index contributed by atoms with van der Waals surface area (Å²) >= 11 is 0. The highest BCUT2D eigenvalue weighted by Gasteiger charge is 2.20. The highest BCUT2D eigenvalue weighted by atomic mass is 16.4. The van der Waals surface area contributed by atoms with Crippen molar-refractivity contribution in [2.24, 2.45) is 28.9 Å². The van der Waals surface area contributed by atoms with Crippen LogP contribution in [0.3, 0.4) is 0 Å². The molecule has 1 fully saturated rings. The van der Waals surface area contributed by atoms with Gasteiger partial charge in [-0.25, -0.2) is 0 Å². The van der Waals surface area contributed by atoms with Crippen molar-refractivity contribution in [2.75, 3.05) is 19.6 Å². The number of carboxylic acid groups (broad SMARTS) is 4. The molecule has 0 spiro atoms. The maximum Gasteiger partial charge on any atom is 0.320 e. The summed E-state index contributed by atoms with van der Waals surface area (Å²) in [7, 11) is 0. The van der Waals surface area contributed by atoms with Crippen LogP contribution in [0.1, 0.15) is 39.5 Å². The minimum atomic E-state index is -1.00. The molecule has 1 saturated heterocycles. The Morgan fingerprint density at radius 3 is 1.82 bits per heavy atom. The van der Waals surface area contributed by atoms with Gasteiger partial charge in [-0.1, -0.05) is 13.8 Å². The first-order valence-electron chi connectivity index (χ1n) is 10.1. The van der Waals surface area contributed by atoms with Gasteiger partial charge in [-0.3, -0.25) is 24.6 Å². The smallest absolute Gasteiger partial charge is 0.320 e. The Bertz CT molecular complexity index is 586. The summed E-state index contributed by atoms with van der Waals surface area (Å²) in [6, 6.07) is -1.80. The Morgan fingerprint density at radius 2 is 1.61 bits per heavy atom. The van der Waals surface area contributed by atoms with Crippen molar-refractivity contribution in [3.05, 3.63) is 0 Å². The third-order valence-electron chi connectivity index (χ3n) is 3.86. The Hall–Kier alpha value is -3.01. The standard InChI is InChI=1S/C6H14N4O2.C5H9NO2.C5H11NO2.C2H5NO2/c7-4(5(11)12)2-1-3-10-6(8)9;7-5(8)4-2-1-3-6-4;1-3(2)4(6)5(7)8;3-1-2(4)5/h4H,1-3,7H2,(H,11,12)(H4,8,9,10);4,6H,1-3H2,(H,7,8);3-4H,6H2,1-2H3,(H,7,8);1,3H2,(H,4,5)/t;4-;;/m.0../s1. The van der Waals surface area contributed by atoms with E-state index in [-0.39, 0.29) is 24.5 Å². The second-order valence-corrected chi connectivity index (χ2v) is 7.12. The molecule has 0 aromatic heterocycles. The molecule has 0 radical (unpaired) electrons. The van der Waals surface area contributed by atoms with Gasteiger partial charge >= 0.3 is 23.9 Å². The molecule has 15 nitrogen and oxygen atoms in total. The molecule has 33 heavy (non-hydrogen) atoms. The number of nitrogens with two attached hydrogens (primary N) is 4. The van der Waals surface area contributed by atoms with Crippen LogP contribution < -0.4 is 33.6 Å². The van der Waals surface area contributed by atoms with Gasteiger partial charge in [-0.15, -0.1) is 0 Å². The fourth-order valence-corrected chi connectivity index (χ4v) is 1.85. The van der Waals surface area contributed by atoms with E-state index in [0.717, 1.165) is 19.4 Å². The van der Waals surface area contributed by atoms with Crippen LogP contribution in [0.5, 0.6) is 0 Å². The van der Waals surface area contributed by atoms with Crippen LogP contribution in [0.2, 0.25) is 0 Å². The van der Waals surface area contributed by atoms with Crippen molar-refractivity contribution in [3.63, 3.8) is 0 Å². The first-order valence-corrected chi connectivity index (χ1v) is 10.1. The number of carbonyl (C=O) groups is 4. The van der Waals surface area contributed by atoms with Crippen molar-refractivity contribution in [3.8, 4) is 0 Å². The van der Waals surface area contributed by atoms with Crippen molar-refractivity contribution >= 4 is 29.8 Å². The van der Waals surface area contributed by atoms with Gasteiger partial charge in [-0.05, 0) is 38.1 Å². The van der Waals surface area contributed by atoms with Crippen molar-refractivity contribution in [2.45, 2.75) is 57.7 Å². The van der Waals surface area contributed by atoms with Gasteiger partial charge in [0.2, 0.25) is 0 Å². The quantitative estimate of drug-likeness (QED) is 0.0926. The maximum absolute atomic E-state index is 10.2. The Balaban J connectivity index is -0.000000380. The minimum absolute atomic E-state index is 0.0208. The van der Waals surface area contributed by atoms with E-state index in [1.54, 1.807) is 13.8 Å². The van der Waals surface area contributed by atoms with Crippen molar-refractivity contribution in [1.29, 1.82) is 5.41 Å². The first kappa shape index (κ1) is 34.6. The molecule has 15 heteroatoms. The molecule has 0 bridgehead atoms. The van der Waals surface area contributed by atoms with E-state index in [0.29, 0.717) is 19.4 Å². The summed E-state index contributed by atoms with van der Waals surface area (Å²) < 4.78 is 0. The normalized spacial score (nSPS) is 15.8. The molecular weight excluding hydrogens is 442 g/mol. The van der Waals surface area contributed by atoms with E-state index in [1.807, 2.05) is 0 Å².